The first-order valence-corrected chi connectivity index (χ1v) is 6.81. The SMILES string of the molecule is CC(N)Cc1cn(Cc2ccc3ccccc3n2)cn1. The van der Waals surface area contributed by atoms with Gasteiger partial charge in [0.15, 0.2) is 0 Å². The van der Waals surface area contributed by atoms with Gasteiger partial charge in [-0.1, -0.05) is 24.3 Å². The first-order valence-electron chi connectivity index (χ1n) is 6.81. The molecule has 2 N–H and O–H groups in total. The molecule has 20 heavy (non-hydrogen) atoms. The second kappa shape index (κ2) is 5.43. The zero-order chi connectivity index (χ0) is 13.9. The lowest BCUT2D eigenvalue weighted by Crippen LogP contribution is -2.17. The summed E-state index contributed by atoms with van der Waals surface area (Å²) < 4.78 is 2.05. The van der Waals surface area contributed by atoms with E-state index < -0.39 is 0 Å². The highest BCUT2D eigenvalue weighted by Gasteiger charge is 2.04. The molecule has 0 aliphatic carbocycles. The highest BCUT2D eigenvalue weighted by Crippen LogP contribution is 2.12. The van der Waals surface area contributed by atoms with Crippen molar-refractivity contribution >= 4 is 10.9 Å². The summed E-state index contributed by atoms with van der Waals surface area (Å²) in [5.41, 5.74) is 8.88. The van der Waals surface area contributed by atoms with Crippen LogP contribution in [0.3, 0.4) is 0 Å². The third kappa shape index (κ3) is 2.86. The molecule has 0 aliphatic rings. The van der Waals surface area contributed by atoms with Gasteiger partial charge in [-0.15, -0.1) is 0 Å². The van der Waals surface area contributed by atoms with Crippen molar-refractivity contribution in [3.05, 3.63) is 60.3 Å². The van der Waals surface area contributed by atoms with Crippen LogP contribution in [0.15, 0.2) is 48.9 Å². The van der Waals surface area contributed by atoms with E-state index in [9.17, 15) is 0 Å². The van der Waals surface area contributed by atoms with E-state index in [1.54, 1.807) is 0 Å². The predicted molar refractivity (Wildman–Crippen MR) is 80.4 cm³/mol. The number of para-hydroxylation sites is 1. The van der Waals surface area contributed by atoms with E-state index >= 15 is 0 Å². The minimum atomic E-state index is 0.136. The van der Waals surface area contributed by atoms with Gasteiger partial charge in [-0.2, -0.15) is 0 Å². The van der Waals surface area contributed by atoms with Gasteiger partial charge in [0.2, 0.25) is 0 Å². The van der Waals surface area contributed by atoms with Gasteiger partial charge in [-0.25, -0.2) is 4.98 Å². The second-order valence-electron chi connectivity index (χ2n) is 5.21. The highest BCUT2D eigenvalue weighted by atomic mass is 15.0. The summed E-state index contributed by atoms with van der Waals surface area (Å²) in [7, 11) is 0. The van der Waals surface area contributed by atoms with Gasteiger partial charge in [-0.05, 0) is 19.1 Å². The van der Waals surface area contributed by atoms with Crippen LogP contribution in [-0.4, -0.2) is 20.6 Å². The van der Waals surface area contributed by atoms with Crippen LogP contribution < -0.4 is 5.73 Å². The maximum absolute atomic E-state index is 5.79. The van der Waals surface area contributed by atoms with E-state index in [2.05, 4.69) is 32.7 Å². The van der Waals surface area contributed by atoms with Crippen LogP contribution in [0.25, 0.3) is 10.9 Å². The predicted octanol–water partition coefficient (Wildman–Crippen LogP) is 2.37. The lowest BCUT2D eigenvalue weighted by Gasteiger charge is -2.04. The van der Waals surface area contributed by atoms with Crippen molar-refractivity contribution in [2.45, 2.75) is 25.9 Å². The Morgan fingerprint density at radius 3 is 2.85 bits per heavy atom. The maximum atomic E-state index is 5.79. The number of nitrogens with zero attached hydrogens (tertiary/aromatic N) is 3. The molecule has 3 aromatic rings. The van der Waals surface area contributed by atoms with Crippen LogP contribution >= 0.6 is 0 Å². The maximum Gasteiger partial charge on any atom is 0.0953 e. The third-order valence-electron chi connectivity index (χ3n) is 3.22. The molecular formula is C16H18N4. The van der Waals surface area contributed by atoms with Crippen molar-refractivity contribution in [3.8, 4) is 0 Å². The number of hydrogen-bond donors (Lipinski definition) is 1. The molecule has 0 saturated heterocycles. The second-order valence-corrected chi connectivity index (χ2v) is 5.21. The van der Waals surface area contributed by atoms with Crippen LogP contribution in [0.5, 0.6) is 0 Å². The van der Waals surface area contributed by atoms with Crippen molar-refractivity contribution in [1.29, 1.82) is 0 Å². The van der Waals surface area contributed by atoms with Gasteiger partial charge in [0.25, 0.3) is 0 Å². The summed E-state index contributed by atoms with van der Waals surface area (Å²) in [6.07, 6.45) is 4.69. The molecular weight excluding hydrogens is 248 g/mol. The van der Waals surface area contributed by atoms with E-state index in [-0.39, 0.29) is 6.04 Å². The lowest BCUT2D eigenvalue weighted by molar-refractivity contribution is 0.722. The number of pyridine rings is 1. The number of hydrogen-bond acceptors (Lipinski definition) is 3. The Morgan fingerprint density at radius 1 is 1.15 bits per heavy atom. The first-order chi connectivity index (χ1) is 9.70. The lowest BCUT2D eigenvalue weighted by atomic mass is 10.2. The van der Waals surface area contributed by atoms with E-state index in [4.69, 9.17) is 5.73 Å². The number of fused-ring (bicyclic) bond motifs is 1. The first kappa shape index (κ1) is 12.8. The monoisotopic (exact) mass is 266 g/mol. The molecule has 4 nitrogen and oxygen atoms in total. The zero-order valence-corrected chi connectivity index (χ0v) is 11.5. The van der Waals surface area contributed by atoms with Crippen molar-refractivity contribution < 1.29 is 0 Å². The molecule has 0 radical (unpaired) electrons. The van der Waals surface area contributed by atoms with Gasteiger partial charge in [-0.3, -0.25) is 4.98 Å². The molecule has 1 aromatic carbocycles. The molecule has 4 heteroatoms. The molecule has 1 atom stereocenters. The summed E-state index contributed by atoms with van der Waals surface area (Å²) in [5.74, 6) is 0. The van der Waals surface area contributed by atoms with Crippen molar-refractivity contribution in [1.82, 2.24) is 14.5 Å². The Labute approximate surface area is 118 Å². The number of imidazole rings is 1. The van der Waals surface area contributed by atoms with Crippen molar-refractivity contribution in [2.24, 2.45) is 5.73 Å². The van der Waals surface area contributed by atoms with Gasteiger partial charge >= 0.3 is 0 Å². The summed E-state index contributed by atoms with van der Waals surface area (Å²) in [6, 6.07) is 12.5. The molecule has 102 valence electrons. The van der Waals surface area contributed by atoms with Gasteiger partial charge < -0.3 is 10.3 Å². The van der Waals surface area contributed by atoms with Crippen molar-refractivity contribution in [2.75, 3.05) is 0 Å². The fraction of sp³-hybridized carbons (Fsp3) is 0.250. The third-order valence-corrected chi connectivity index (χ3v) is 3.22. The van der Waals surface area contributed by atoms with Crippen LogP contribution in [0, 0.1) is 0 Å². The van der Waals surface area contributed by atoms with Gasteiger partial charge in [0.1, 0.15) is 0 Å². The summed E-state index contributed by atoms with van der Waals surface area (Å²) in [6.45, 7) is 2.72. The number of rotatable bonds is 4. The standard InChI is InChI=1S/C16H18N4/c1-12(17)8-15-10-20(11-18-15)9-14-7-6-13-4-2-3-5-16(13)19-14/h2-7,10-12H,8-9,17H2,1H3. The Bertz CT molecular complexity index is 715. The molecule has 0 amide bonds. The Hall–Kier alpha value is -2.20. The highest BCUT2D eigenvalue weighted by molar-refractivity contribution is 5.78. The fourth-order valence-corrected chi connectivity index (χ4v) is 2.31. The average Bonchev–Trinajstić information content (AvgIpc) is 2.85. The Morgan fingerprint density at radius 2 is 2.00 bits per heavy atom. The van der Waals surface area contributed by atoms with Gasteiger partial charge in [0.05, 0.1) is 29.8 Å². The molecule has 3 rings (SSSR count). The number of nitrogens with two attached hydrogens (primary N) is 1. The molecule has 2 heterocycles. The van der Waals surface area contributed by atoms with Crippen LogP contribution in [0.4, 0.5) is 0 Å². The topological polar surface area (TPSA) is 56.7 Å². The normalized spacial score (nSPS) is 12.7. The van der Waals surface area contributed by atoms with Crippen LogP contribution in [-0.2, 0) is 13.0 Å². The fourth-order valence-electron chi connectivity index (χ4n) is 2.31. The van der Waals surface area contributed by atoms with E-state index in [0.29, 0.717) is 0 Å². The zero-order valence-electron chi connectivity index (χ0n) is 11.5. The average molecular weight is 266 g/mol. The minimum Gasteiger partial charge on any atom is -0.331 e. The Balaban J connectivity index is 1.80. The molecule has 2 aromatic heterocycles. The number of benzene rings is 1. The molecule has 0 spiro atoms. The quantitative estimate of drug-likeness (QED) is 0.788. The van der Waals surface area contributed by atoms with E-state index in [0.717, 1.165) is 29.9 Å². The van der Waals surface area contributed by atoms with Crippen molar-refractivity contribution in [3.63, 3.8) is 0 Å². The molecule has 0 bridgehead atoms. The van der Waals surface area contributed by atoms with Crippen LogP contribution in [0.2, 0.25) is 0 Å². The molecule has 0 saturated carbocycles. The number of aromatic nitrogens is 3. The summed E-state index contributed by atoms with van der Waals surface area (Å²) in [4.78, 5) is 9.04. The summed E-state index contributed by atoms with van der Waals surface area (Å²) in [5, 5.41) is 1.17. The van der Waals surface area contributed by atoms with E-state index in [1.165, 1.54) is 5.39 Å². The van der Waals surface area contributed by atoms with Crippen LogP contribution in [0.1, 0.15) is 18.3 Å². The van der Waals surface area contributed by atoms with Gasteiger partial charge in [0, 0.05) is 24.0 Å². The molecule has 0 fully saturated rings. The Kier molecular flexibility index (Phi) is 3.48. The molecule has 1 unspecified atom stereocenters. The molecule has 0 aliphatic heterocycles. The largest absolute Gasteiger partial charge is 0.331 e. The van der Waals surface area contributed by atoms with E-state index in [1.807, 2.05) is 37.6 Å². The smallest absolute Gasteiger partial charge is 0.0953 e. The summed E-state index contributed by atoms with van der Waals surface area (Å²) >= 11 is 0. The minimum absolute atomic E-state index is 0.136.